The topological polar surface area (TPSA) is 73.3 Å². The molecule has 1 aliphatic rings. The Morgan fingerprint density at radius 1 is 1.44 bits per heavy atom. The number of ether oxygens (including phenoxy) is 2. The van der Waals surface area contributed by atoms with Crippen molar-refractivity contribution in [2.45, 2.75) is 19.4 Å². The molecule has 1 aliphatic heterocycles. The summed E-state index contributed by atoms with van der Waals surface area (Å²) in [6.07, 6.45) is 1.18. The summed E-state index contributed by atoms with van der Waals surface area (Å²) in [6.45, 7) is 3.98. The van der Waals surface area contributed by atoms with E-state index >= 15 is 0 Å². The van der Waals surface area contributed by atoms with Crippen molar-refractivity contribution >= 4 is 5.97 Å². The van der Waals surface area contributed by atoms with Gasteiger partial charge in [-0.2, -0.15) is 0 Å². The van der Waals surface area contributed by atoms with Gasteiger partial charge in [0.2, 0.25) is 5.88 Å². The third-order valence-corrected chi connectivity index (χ3v) is 3.06. The number of esters is 1. The fourth-order valence-electron chi connectivity index (χ4n) is 1.87. The van der Waals surface area contributed by atoms with Crippen LogP contribution >= 0.6 is 0 Å². The standard InChI is InChI=1S/C12H17N3O3/c1-8-5-6-13-7-10(8)18-11-4-3-9(14-15-11)12(16)17-2/h3-4,8,10,13H,5-7H2,1-2H3. The van der Waals surface area contributed by atoms with E-state index < -0.39 is 5.97 Å². The molecule has 1 saturated heterocycles. The van der Waals surface area contributed by atoms with E-state index in [0.29, 0.717) is 11.8 Å². The number of nitrogens with zero attached hydrogens (tertiary/aromatic N) is 2. The molecule has 2 atom stereocenters. The summed E-state index contributed by atoms with van der Waals surface area (Å²) >= 11 is 0. The van der Waals surface area contributed by atoms with Crippen LogP contribution in [0.25, 0.3) is 0 Å². The van der Waals surface area contributed by atoms with Crippen molar-refractivity contribution < 1.29 is 14.3 Å². The van der Waals surface area contributed by atoms with E-state index in [-0.39, 0.29) is 11.8 Å². The van der Waals surface area contributed by atoms with Crippen LogP contribution in [0, 0.1) is 5.92 Å². The van der Waals surface area contributed by atoms with Crippen LogP contribution in [0.2, 0.25) is 0 Å². The predicted octanol–water partition coefficient (Wildman–Crippen LogP) is 0.640. The van der Waals surface area contributed by atoms with E-state index in [2.05, 4.69) is 27.2 Å². The molecule has 0 aliphatic carbocycles. The molecule has 1 aromatic heterocycles. The van der Waals surface area contributed by atoms with Crippen molar-refractivity contribution in [2.75, 3.05) is 20.2 Å². The molecule has 2 heterocycles. The average molecular weight is 251 g/mol. The summed E-state index contributed by atoms with van der Waals surface area (Å²) in [7, 11) is 1.31. The molecular weight excluding hydrogens is 234 g/mol. The molecule has 6 heteroatoms. The largest absolute Gasteiger partial charge is 0.472 e. The lowest BCUT2D eigenvalue weighted by Crippen LogP contribution is -2.43. The summed E-state index contributed by atoms with van der Waals surface area (Å²) in [6, 6.07) is 3.19. The minimum absolute atomic E-state index is 0.0945. The van der Waals surface area contributed by atoms with Gasteiger partial charge in [0.25, 0.3) is 0 Å². The van der Waals surface area contributed by atoms with E-state index in [4.69, 9.17) is 4.74 Å². The van der Waals surface area contributed by atoms with Gasteiger partial charge in [-0.15, -0.1) is 10.2 Å². The second kappa shape index (κ2) is 5.77. The highest BCUT2D eigenvalue weighted by Gasteiger charge is 2.23. The molecule has 0 aromatic carbocycles. The summed E-state index contributed by atoms with van der Waals surface area (Å²) < 4.78 is 10.3. The van der Waals surface area contributed by atoms with E-state index in [1.165, 1.54) is 7.11 Å². The van der Waals surface area contributed by atoms with Crippen molar-refractivity contribution in [1.29, 1.82) is 0 Å². The van der Waals surface area contributed by atoms with Crippen LogP contribution < -0.4 is 10.1 Å². The molecule has 2 rings (SSSR count). The lowest BCUT2D eigenvalue weighted by atomic mass is 9.97. The normalized spacial score (nSPS) is 23.4. The van der Waals surface area contributed by atoms with Gasteiger partial charge in [-0.1, -0.05) is 6.92 Å². The Balaban J connectivity index is 1.99. The van der Waals surface area contributed by atoms with Crippen molar-refractivity contribution in [2.24, 2.45) is 5.92 Å². The minimum Gasteiger partial charge on any atom is -0.472 e. The molecule has 0 bridgehead atoms. The van der Waals surface area contributed by atoms with Gasteiger partial charge in [0.05, 0.1) is 7.11 Å². The summed E-state index contributed by atoms with van der Waals surface area (Å²) in [5, 5.41) is 10.9. The number of methoxy groups -OCH3 is 1. The van der Waals surface area contributed by atoms with Crippen molar-refractivity contribution in [3.63, 3.8) is 0 Å². The zero-order valence-electron chi connectivity index (χ0n) is 10.5. The Morgan fingerprint density at radius 2 is 2.28 bits per heavy atom. The summed E-state index contributed by atoms with van der Waals surface area (Å²) in [5.41, 5.74) is 0.180. The van der Waals surface area contributed by atoms with Gasteiger partial charge >= 0.3 is 5.97 Å². The first kappa shape index (κ1) is 12.8. The number of nitrogens with one attached hydrogen (secondary N) is 1. The maximum absolute atomic E-state index is 11.2. The third-order valence-electron chi connectivity index (χ3n) is 3.06. The van der Waals surface area contributed by atoms with Crippen LogP contribution in [0.5, 0.6) is 5.88 Å². The lowest BCUT2D eigenvalue weighted by Gasteiger charge is -2.29. The number of rotatable bonds is 3. The van der Waals surface area contributed by atoms with Crippen molar-refractivity contribution in [3.8, 4) is 5.88 Å². The molecule has 1 aromatic rings. The molecule has 18 heavy (non-hydrogen) atoms. The molecule has 1 N–H and O–H groups in total. The Kier molecular flexibility index (Phi) is 4.09. The van der Waals surface area contributed by atoms with Gasteiger partial charge in [-0.3, -0.25) is 0 Å². The molecule has 1 fully saturated rings. The first-order chi connectivity index (χ1) is 8.70. The highest BCUT2D eigenvalue weighted by Crippen LogP contribution is 2.17. The van der Waals surface area contributed by atoms with Crippen LogP contribution in [0.3, 0.4) is 0 Å². The number of hydrogen-bond acceptors (Lipinski definition) is 6. The van der Waals surface area contributed by atoms with Gasteiger partial charge < -0.3 is 14.8 Å². The predicted molar refractivity (Wildman–Crippen MR) is 64.4 cm³/mol. The first-order valence-corrected chi connectivity index (χ1v) is 6.00. The fraction of sp³-hybridized carbons (Fsp3) is 0.583. The quantitative estimate of drug-likeness (QED) is 0.795. The van der Waals surface area contributed by atoms with E-state index in [9.17, 15) is 4.79 Å². The molecule has 0 amide bonds. The Morgan fingerprint density at radius 3 is 2.89 bits per heavy atom. The number of aromatic nitrogens is 2. The van der Waals surface area contributed by atoms with Gasteiger partial charge in [-0.05, 0) is 24.9 Å². The molecule has 0 saturated carbocycles. The Labute approximate surface area is 106 Å². The maximum atomic E-state index is 11.2. The van der Waals surface area contributed by atoms with E-state index in [1.807, 2.05) is 0 Å². The van der Waals surface area contributed by atoms with Crippen molar-refractivity contribution in [1.82, 2.24) is 15.5 Å². The van der Waals surface area contributed by atoms with Crippen LogP contribution in [0.1, 0.15) is 23.8 Å². The molecule has 6 nitrogen and oxygen atoms in total. The van der Waals surface area contributed by atoms with Gasteiger partial charge in [0.15, 0.2) is 5.69 Å². The average Bonchev–Trinajstić information content (AvgIpc) is 2.41. The number of hydrogen-bond donors (Lipinski definition) is 1. The second-order valence-corrected chi connectivity index (χ2v) is 4.37. The molecule has 0 radical (unpaired) electrons. The Bertz CT molecular complexity index is 408. The highest BCUT2D eigenvalue weighted by molar-refractivity contribution is 5.86. The molecule has 0 spiro atoms. The number of carbonyl (C=O) groups is 1. The zero-order valence-corrected chi connectivity index (χ0v) is 10.5. The number of carbonyl (C=O) groups excluding carboxylic acids is 1. The fourth-order valence-corrected chi connectivity index (χ4v) is 1.87. The SMILES string of the molecule is COC(=O)c1ccc(OC2CNCCC2C)nn1. The monoisotopic (exact) mass is 251 g/mol. The smallest absolute Gasteiger partial charge is 0.358 e. The highest BCUT2D eigenvalue weighted by atomic mass is 16.5. The second-order valence-electron chi connectivity index (χ2n) is 4.37. The minimum atomic E-state index is -0.498. The van der Waals surface area contributed by atoms with Gasteiger partial charge in [0.1, 0.15) is 6.10 Å². The summed E-state index contributed by atoms with van der Waals surface area (Å²) in [5.74, 6) is 0.415. The van der Waals surface area contributed by atoms with Crippen molar-refractivity contribution in [3.05, 3.63) is 17.8 Å². The van der Waals surface area contributed by atoms with E-state index in [1.54, 1.807) is 12.1 Å². The van der Waals surface area contributed by atoms with Crippen LogP contribution in [-0.4, -0.2) is 42.5 Å². The third kappa shape index (κ3) is 2.95. The van der Waals surface area contributed by atoms with E-state index in [0.717, 1.165) is 19.5 Å². The van der Waals surface area contributed by atoms with Crippen LogP contribution in [-0.2, 0) is 4.74 Å². The van der Waals surface area contributed by atoms with Gasteiger partial charge in [-0.25, -0.2) is 4.79 Å². The lowest BCUT2D eigenvalue weighted by molar-refractivity contribution is 0.0591. The zero-order chi connectivity index (χ0) is 13.0. The first-order valence-electron chi connectivity index (χ1n) is 6.00. The van der Waals surface area contributed by atoms with Crippen LogP contribution in [0.4, 0.5) is 0 Å². The molecule has 98 valence electrons. The number of piperidine rings is 1. The molecule has 2 unspecified atom stereocenters. The van der Waals surface area contributed by atoms with Crippen LogP contribution in [0.15, 0.2) is 12.1 Å². The summed E-state index contributed by atoms with van der Waals surface area (Å²) in [4.78, 5) is 11.2. The Hall–Kier alpha value is -1.69. The molecular formula is C12H17N3O3. The van der Waals surface area contributed by atoms with Gasteiger partial charge in [0, 0.05) is 12.6 Å². The maximum Gasteiger partial charge on any atom is 0.358 e.